The van der Waals surface area contributed by atoms with E-state index in [1.807, 2.05) is 31.3 Å². The number of nitrogens with zero attached hydrogens (tertiary/aromatic N) is 1. The molecule has 0 spiro atoms. The molecule has 0 saturated carbocycles. The van der Waals surface area contributed by atoms with E-state index < -0.39 is 0 Å². The molecule has 0 aliphatic rings. The van der Waals surface area contributed by atoms with Crippen molar-refractivity contribution in [3.63, 3.8) is 0 Å². The van der Waals surface area contributed by atoms with E-state index in [9.17, 15) is 5.11 Å². The smallest absolute Gasteiger partial charge is 0.0695 e. The summed E-state index contributed by atoms with van der Waals surface area (Å²) in [4.78, 5) is 0. The molecule has 0 amide bonds. The van der Waals surface area contributed by atoms with Gasteiger partial charge in [-0.15, -0.1) is 0 Å². The summed E-state index contributed by atoms with van der Waals surface area (Å²) in [6, 6.07) is 10.2. The summed E-state index contributed by atoms with van der Waals surface area (Å²) in [5.41, 5.74) is 3.39. The van der Waals surface area contributed by atoms with Crippen molar-refractivity contribution in [3.8, 4) is 11.3 Å². The Labute approximate surface area is 120 Å². The fourth-order valence-corrected chi connectivity index (χ4v) is 2.42. The van der Waals surface area contributed by atoms with E-state index in [1.165, 1.54) is 5.56 Å². The van der Waals surface area contributed by atoms with Gasteiger partial charge in [-0.05, 0) is 31.4 Å². The van der Waals surface area contributed by atoms with Gasteiger partial charge in [0.1, 0.15) is 0 Å². The topological polar surface area (TPSA) is 60.9 Å². The third-order valence-corrected chi connectivity index (χ3v) is 3.33. The molecule has 2 atom stereocenters. The highest BCUT2D eigenvalue weighted by molar-refractivity contribution is 5.62. The summed E-state index contributed by atoms with van der Waals surface area (Å²) in [5.74, 6) is 0.460. The van der Waals surface area contributed by atoms with Gasteiger partial charge in [0.2, 0.25) is 0 Å². The Hall–Kier alpha value is -1.65. The quantitative estimate of drug-likeness (QED) is 0.726. The minimum Gasteiger partial charge on any atom is -0.393 e. The first-order valence-corrected chi connectivity index (χ1v) is 7.13. The van der Waals surface area contributed by atoms with Crippen LogP contribution in [0.2, 0.25) is 0 Å². The number of hydrogen-bond acceptors (Lipinski definition) is 3. The molecule has 0 bridgehead atoms. The van der Waals surface area contributed by atoms with Crippen molar-refractivity contribution < 1.29 is 5.11 Å². The maximum absolute atomic E-state index is 9.36. The van der Waals surface area contributed by atoms with Crippen LogP contribution in [0.15, 0.2) is 36.5 Å². The van der Waals surface area contributed by atoms with Crippen LogP contribution in [-0.2, 0) is 6.54 Å². The molecule has 108 valence electrons. The number of nitrogens with one attached hydrogen (secondary N) is 2. The number of aromatic amines is 1. The van der Waals surface area contributed by atoms with Crippen LogP contribution < -0.4 is 5.32 Å². The van der Waals surface area contributed by atoms with Crippen molar-refractivity contribution in [3.05, 3.63) is 42.1 Å². The zero-order chi connectivity index (χ0) is 14.4. The van der Waals surface area contributed by atoms with Gasteiger partial charge in [-0.25, -0.2) is 0 Å². The van der Waals surface area contributed by atoms with E-state index in [2.05, 4.69) is 34.6 Å². The van der Waals surface area contributed by atoms with E-state index in [-0.39, 0.29) is 6.10 Å². The number of benzene rings is 1. The molecule has 2 rings (SSSR count). The second kappa shape index (κ2) is 7.22. The predicted molar refractivity (Wildman–Crippen MR) is 81.2 cm³/mol. The first-order valence-electron chi connectivity index (χ1n) is 7.13. The average molecular weight is 273 g/mol. The second-order valence-corrected chi connectivity index (χ2v) is 5.46. The van der Waals surface area contributed by atoms with E-state index in [1.54, 1.807) is 0 Å². The zero-order valence-electron chi connectivity index (χ0n) is 12.1. The number of aliphatic hydroxyl groups is 1. The van der Waals surface area contributed by atoms with Gasteiger partial charge >= 0.3 is 0 Å². The lowest BCUT2D eigenvalue weighted by atomic mass is 10.0. The highest BCUT2D eigenvalue weighted by atomic mass is 16.3. The van der Waals surface area contributed by atoms with Gasteiger partial charge < -0.3 is 10.4 Å². The van der Waals surface area contributed by atoms with Gasteiger partial charge in [-0.1, -0.05) is 37.3 Å². The van der Waals surface area contributed by atoms with Crippen molar-refractivity contribution in [1.29, 1.82) is 0 Å². The first kappa shape index (κ1) is 14.8. The number of rotatable bonds is 7. The van der Waals surface area contributed by atoms with Crippen molar-refractivity contribution in [2.75, 3.05) is 6.54 Å². The molecule has 0 saturated heterocycles. The molecule has 0 radical (unpaired) electrons. The normalized spacial score (nSPS) is 14.2. The lowest BCUT2D eigenvalue weighted by molar-refractivity contribution is 0.163. The van der Waals surface area contributed by atoms with Crippen molar-refractivity contribution >= 4 is 0 Å². The number of aromatic nitrogens is 2. The Morgan fingerprint density at radius 1 is 1.25 bits per heavy atom. The van der Waals surface area contributed by atoms with Gasteiger partial charge in [0, 0.05) is 12.1 Å². The van der Waals surface area contributed by atoms with Crippen LogP contribution in [0.4, 0.5) is 0 Å². The maximum atomic E-state index is 9.36. The molecule has 4 nitrogen and oxygen atoms in total. The maximum Gasteiger partial charge on any atom is 0.0695 e. The predicted octanol–water partition coefficient (Wildman–Crippen LogP) is 2.57. The summed E-state index contributed by atoms with van der Waals surface area (Å²) in [6.45, 7) is 5.66. The molecule has 0 aliphatic carbocycles. The summed E-state index contributed by atoms with van der Waals surface area (Å²) in [6.07, 6.45) is 2.46. The molecule has 20 heavy (non-hydrogen) atoms. The molecule has 2 unspecified atom stereocenters. The second-order valence-electron chi connectivity index (χ2n) is 5.46. The molecule has 0 fully saturated rings. The summed E-state index contributed by atoms with van der Waals surface area (Å²) in [7, 11) is 0. The molecule has 3 N–H and O–H groups in total. The fourth-order valence-electron chi connectivity index (χ4n) is 2.42. The number of H-pyrrole nitrogens is 1. The van der Waals surface area contributed by atoms with Crippen LogP contribution in [0, 0.1) is 5.92 Å². The van der Waals surface area contributed by atoms with Gasteiger partial charge in [0.25, 0.3) is 0 Å². The van der Waals surface area contributed by atoms with Gasteiger partial charge in [-0.2, -0.15) is 5.10 Å². The Balaban J connectivity index is 1.90. The summed E-state index contributed by atoms with van der Waals surface area (Å²) < 4.78 is 0. The van der Waals surface area contributed by atoms with E-state index in [0.717, 1.165) is 30.8 Å². The largest absolute Gasteiger partial charge is 0.393 e. The molecule has 4 heteroatoms. The highest BCUT2D eigenvalue weighted by Gasteiger charge is 2.09. The molecule has 1 aromatic heterocycles. The Morgan fingerprint density at radius 2 is 2.00 bits per heavy atom. The molecule has 1 heterocycles. The van der Waals surface area contributed by atoms with Crippen LogP contribution in [0.5, 0.6) is 0 Å². The van der Waals surface area contributed by atoms with Crippen LogP contribution in [-0.4, -0.2) is 28.0 Å². The van der Waals surface area contributed by atoms with E-state index in [4.69, 9.17) is 0 Å². The molecular formula is C16H23N3O. The Morgan fingerprint density at radius 3 is 2.70 bits per heavy atom. The van der Waals surface area contributed by atoms with Gasteiger partial charge in [-0.3, -0.25) is 5.10 Å². The van der Waals surface area contributed by atoms with Gasteiger partial charge in [0.05, 0.1) is 18.0 Å². The molecule has 2 aromatic rings. The number of hydrogen-bond donors (Lipinski definition) is 3. The van der Waals surface area contributed by atoms with Crippen LogP contribution in [0.25, 0.3) is 11.3 Å². The van der Waals surface area contributed by atoms with Gasteiger partial charge in [0.15, 0.2) is 0 Å². The minimum atomic E-state index is -0.236. The van der Waals surface area contributed by atoms with E-state index >= 15 is 0 Å². The van der Waals surface area contributed by atoms with Crippen LogP contribution in [0.1, 0.15) is 25.8 Å². The molecule has 0 aliphatic heterocycles. The SMILES string of the molecule is CC(O)CC(C)CNCc1cn[nH]c1-c1ccccc1. The summed E-state index contributed by atoms with van der Waals surface area (Å²) in [5, 5.41) is 20.0. The third-order valence-electron chi connectivity index (χ3n) is 3.33. The van der Waals surface area contributed by atoms with E-state index in [0.29, 0.717) is 5.92 Å². The monoisotopic (exact) mass is 273 g/mol. The highest BCUT2D eigenvalue weighted by Crippen LogP contribution is 2.20. The molecular weight excluding hydrogens is 250 g/mol. The fraction of sp³-hybridized carbons (Fsp3) is 0.438. The standard InChI is InChI=1S/C16H23N3O/c1-12(8-13(2)20)9-17-10-15-11-18-19-16(15)14-6-4-3-5-7-14/h3-7,11-13,17,20H,8-10H2,1-2H3,(H,18,19). The van der Waals surface area contributed by atoms with Crippen molar-refractivity contribution in [2.24, 2.45) is 5.92 Å². The van der Waals surface area contributed by atoms with Crippen molar-refractivity contribution in [1.82, 2.24) is 15.5 Å². The van der Waals surface area contributed by atoms with Crippen molar-refractivity contribution in [2.45, 2.75) is 32.9 Å². The average Bonchev–Trinajstić information content (AvgIpc) is 2.87. The lowest BCUT2D eigenvalue weighted by Crippen LogP contribution is -2.23. The first-order chi connectivity index (χ1) is 9.66. The number of aliphatic hydroxyl groups excluding tert-OH is 1. The van der Waals surface area contributed by atoms with Crippen LogP contribution in [0.3, 0.4) is 0 Å². The third kappa shape index (κ3) is 4.18. The zero-order valence-corrected chi connectivity index (χ0v) is 12.1. The minimum absolute atomic E-state index is 0.236. The lowest BCUT2D eigenvalue weighted by Gasteiger charge is -2.14. The molecule has 1 aromatic carbocycles. The van der Waals surface area contributed by atoms with Crippen LogP contribution >= 0.6 is 0 Å². The Kier molecular flexibility index (Phi) is 5.32. The Bertz CT molecular complexity index is 507. The summed E-state index contributed by atoms with van der Waals surface area (Å²) >= 11 is 0.